The van der Waals surface area contributed by atoms with Gasteiger partial charge in [0, 0.05) is 28.3 Å². The summed E-state index contributed by atoms with van der Waals surface area (Å²) >= 11 is 6.06. The van der Waals surface area contributed by atoms with Crippen molar-refractivity contribution in [1.82, 2.24) is 15.3 Å². The minimum Gasteiger partial charge on any atom is -0.497 e. The summed E-state index contributed by atoms with van der Waals surface area (Å²) < 4.78 is 11.0. The van der Waals surface area contributed by atoms with Gasteiger partial charge in [-0.3, -0.25) is 4.79 Å². The second-order valence-corrected chi connectivity index (χ2v) is 8.34. The largest absolute Gasteiger partial charge is 0.497 e. The number of carbonyl (C=O) groups excluding carboxylic acids is 1. The van der Waals surface area contributed by atoms with Gasteiger partial charge in [-0.25, -0.2) is 4.98 Å². The molecule has 0 atom stereocenters. The Hall–Kier alpha value is -4.03. The lowest BCUT2D eigenvalue weighted by molar-refractivity contribution is -0.117. The standard InChI is InChI=1S/C27H22ClN3O3/c1-33-23-7-3-5-18(13-23)24-15-29-26(31-24)19-6-2-4-17(10-19)14-30-27(32)21-11-20-12-22(28)8-9-25(20)34-16-21/h2-13,15H,14,16H2,1H3,(H,29,31)(H,30,32). The molecule has 0 saturated carbocycles. The van der Waals surface area contributed by atoms with Crippen LogP contribution in [0, 0.1) is 0 Å². The molecular formula is C27H22ClN3O3. The van der Waals surface area contributed by atoms with Crippen LogP contribution in [-0.4, -0.2) is 29.6 Å². The number of ether oxygens (including phenoxy) is 2. The third kappa shape index (κ3) is 4.67. The lowest BCUT2D eigenvalue weighted by Crippen LogP contribution is -2.28. The Morgan fingerprint density at radius 2 is 1.97 bits per heavy atom. The first-order chi connectivity index (χ1) is 16.6. The van der Waals surface area contributed by atoms with Crippen molar-refractivity contribution in [1.29, 1.82) is 0 Å². The molecule has 1 amide bonds. The van der Waals surface area contributed by atoms with Crippen molar-refractivity contribution in [2.24, 2.45) is 0 Å². The molecular weight excluding hydrogens is 450 g/mol. The lowest BCUT2D eigenvalue weighted by Gasteiger charge is -2.18. The number of H-pyrrole nitrogens is 1. The Balaban J connectivity index is 1.28. The Labute approximate surface area is 202 Å². The number of methoxy groups -OCH3 is 1. The highest BCUT2D eigenvalue weighted by Crippen LogP contribution is 2.29. The van der Waals surface area contributed by atoms with Crippen LogP contribution >= 0.6 is 11.6 Å². The number of nitrogens with zero attached hydrogens (tertiary/aromatic N) is 1. The molecule has 4 aromatic rings. The van der Waals surface area contributed by atoms with E-state index in [-0.39, 0.29) is 12.5 Å². The van der Waals surface area contributed by atoms with E-state index in [2.05, 4.69) is 15.3 Å². The number of benzene rings is 3. The summed E-state index contributed by atoms with van der Waals surface area (Å²) in [7, 11) is 1.65. The third-order valence-corrected chi connectivity index (χ3v) is 5.82. The molecule has 3 aromatic carbocycles. The van der Waals surface area contributed by atoms with Crippen LogP contribution in [0.2, 0.25) is 5.02 Å². The molecule has 1 aliphatic heterocycles. The van der Waals surface area contributed by atoms with E-state index in [1.54, 1.807) is 25.4 Å². The van der Waals surface area contributed by atoms with Crippen LogP contribution in [0.5, 0.6) is 11.5 Å². The van der Waals surface area contributed by atoms with Crippen LogP contribution in [0.1, 0.15) is 11.1 Å². The van der Waals surface area contributed by atoms with Crippen molar-refractivity contribution < 1.29 is 14.3 Å². The number of amides is 1. The molecule has 6 nitrogen and oxygen atoms in total. The minimum absolute atomic E-state index is 0.172. The number of fused-ring (bicyclic) bond motifs is 1. The van der Waals surface area contributed by atoms with Gasteiger partial charge >= 0.3 is 0 Å². The summed E-state index contributed by atoms with van der Waals surface area (Å²) in [5.74, 6) is 2.09. The van der Waals surface area contributed by atoms with Crippen LogP contribution in [0.25, 0.3) is 28.7 Å². The molecule has 1 aromatic heterocycles. The zero-order valence-corrected chi connectivity index (χ0v) is 19.2. The number of halogens is 1. The molecule has 170 valence electrons. The molecule has 34 heavy (non-hydrogen) atoms. The van der Waals surface area contributed by atoms with Crippen molar-refractivity contribution in [2.45, 2.75) is 6.54 Å². The van der Waals surface area contributed by atoms with Crippen molar-refractivity contribution in [2.75, 3.05) is 13.7 Å². The maximum absolute atomic E-state index is 12.7. The quantitative estimate of drug-likeness (QED) is 0.389. The Morgan fingerprint density at radius 3 is 2.85 bits per heavy atom. The zero-order valence-electron chi connectivity index (χ0n) is 18.5. The topological polar surface area (TPSA) is 76.2 Å². The summed E-state index contributed by atoms with van der Waals surface area (Å²) in [5, 5.41) is 3.57. The van der Waals surface area contributed by atoms with E-state index in [1.807, 2.05) is 60.7 Å². The van der Waals surface area contributed by atoms with Crippen LogP contribution in [-0.2, 0) is 11.3 Å². The number of nitrogens with one attached hydrogen (secondary N) is 2. The van der Waals surface area contributed by atoms with Gasteiger partial charge in [0.2, 0.25) is 0 Å². The van der Waals surface area contributed by atoms with E-state index in [9.17, 15) is 4.79 Å². The summed E-state index contributed by atoms with van der Waals surface area (Å²) in [6.07, 6.45) is 3.62. The minimum atomic E-state index is -0.172. The molecule has 2 heterocycles. The number of rotatable bonds is 6. The normalized spacial score (nSPS) is 12.4. The van der Waals surface area contributed by atoms with E-state index >= 15 is 0 Å². The van der Waals surface area contributed by atoms with Gasteiger partial charge in [-0.2, -0.15) is 0 Å². The predicted molar refractivity (Wildman–Crippen MR) is 133 cm³/mol. The molecule has 0 aliphatic carbocycles. The molecule has 0 bridgehead atoms. The molecule has 0 fully saturated rings. The van der Waals surface area contributed by atoms with Gasteiger partial charge in [0.25, 0.3) is 5.91 Å². The van der Waals surface area contributed by atoms with Crippen molar-refractivity contribution in [3.05, 3.63) is 94.6 Å². The second kappa shape index (κ2) is 9.45. The monoisotopic (exact) mass is 471 g/mol. The van der Waals surface area contributed by atoms with Gasteiger partial charge in [-0.1, -0.05) is 41.9 Å². The maximum atomic E-state index is 12.7. The Bertz CT molecular complexity index is 1390. The number of carbonyl (C=O) groups is 1. The first-order valence-electron chi connectivity index (χ1n) is 10.8. The van der Waals surface area contributed by atoms with E-state index in [0.717, 1.165) is 45.3 Å². The van der Waals surface area contributed by atoms with E-state index in [4.69, 9.17) is 21.1 Å². The van der Waals surface area contributed by atoms with Crippen LogP contribution in [0.4, 0.5) is 0 Å². The Morgan fingerprint density at radius 1 is 1.12 bits per heavy atom. The fraction of sp³-hybridized carbons (Fsp3) is 0.111. The SMILES string of the molecule is COc1cccc(-c2cnc(-c3cccc(CNC(=O)C4=Cc5cc(Cl)ccc5OC4)c3)[nH]2)c1. The third-order valence-electron chi connectivity index (χ3n) is 5.59. The molecule has 5 rings (SSSR count). The van der Waals surface area contributed by atoms with Crippen molar-refractivity contribution >= 4 is 23.6 Å². The van der Waals surface area contributed by atoms with E-state index in [1.165, 1.54) is 0 Å². The van der Waals surface area contributed by atoms with Crippen LogP contribution < -0.4 is 14.8 Å². The summed E-state index contributed by atoms with van der Waals surface area (Å²) in [4.78, 5) is 20.6. The van der Waals surface area contributed by atoms with Gasteiger partial charge in [0.15, 0.2) is 0 Å². The maximum Gasteiger partial charge on any atom is 0.250 e. The number of hydrogen-bond donors (Lipinski definition) is 2. The molecule has 0 spiro atoms. The highest BCUT2D eigenvalue weighted by molar-refractivity contribution is 6.30. The summed E-state index contributed by atoms with van der Waals surface area (Å²) in [6.45, 7) is 0.607. The molecule has 0 radical (unpaired) electrons. The fourth-order valence-corrected chi connectivity index (χ4v) is 3.99. The summed E-state index contributed by atoms with van der Waals surface area (Å²) in [5.41, 5.74) is 5.15. The number of aromatic nitrogens is 2. The van der Waals surface area contributed by atoms with Gasteiger partial charge in [-0.15, -0.1) is 0 Å². The van der Waals surface area contributed by atoms with E-state index in [0.29, 0.717) is 17.1 Å². The summed E-state index contributed by atoms with van der Waals surface area (Å²) in [6, 6.07) is 21.1. The molecule has 0 unspecified atom stereocenters. The van der Waals surface area contributed by atoms with E-state index < -0.39 is 0 Å². The van der Waals surface area contributed by atoms with Crippen LogP contribution in [0.15, 0.2) is 78.5 Å². The predicted octanol–water partition coefficient (Wildman–Crippen LogP) is 5.50. The van der Waals surface area contributed by atoms with Crippen molar-refractivity contribution in [3.63, 3.8) is 0 Å². The molecule has 1 aliphatic rings. The lowest BCUT2D eigenvalue weighted by atomic mass is 10.1. The smallest absolute Gasteiger partial charge is 0.250 e. The average Bonchev–Trinajstić information content (AvgIpc) is 3.37. The molecule has 7 heteroatoms. The number of imidazole rings is 1. The zero-order chi connectivity index (χ0) is 23.5. The van der Waals surface area contributed by atoms with Gasteiger partial charge in [-0.05, 0) is 48.0 Å². The first kappa shape index (κ1) is 21.8. The van der Waals surface area contributed by atoms with Gasteiger partial charge in [0.05, 0.1) is 24.6 Å². The first-order valence-corrected chi connectivity index (χ1v) is 11.2. The average molecular weight is 472 g/mol. The van der Waals surface area contributed by atoms with Crippen LogP contribution in [0.3, 0.4) is 0 Å². The van der Waals surface area contributed by atoms with Gasteiger partial charge in [0.1, 0.15) is 23.9 Å². The fourth-order valence-electron chi connectivity index (χ4n) is 3.81. The number of hydrogen-bond acceptors (Lipinski definition) is 4. The number of aromatic amines is 1. The highest BCUT2D eigenvalue weighted by Gasteiger charge is 2.17. The molecule has 0 saturated heterocycles. The second-order valence-electron chi connectivity index (χ2n) is 7.90. The highest BCUT2D eigenvalue weighted by atomic mass is 35.5. The van der Waals surface area contributed by atoms with Crippen molar-refractivity contribution in [3.8, 4) is 34.1 Å². The molecule has 2 N–H and O–H groups in total. The Kier molecular flexibility index (Phi) is 6.06. The van der Waals surface area contributed by atoms with Gasteiger partial charge < -0.3 is 19.8 Å².